The fraction of sp³-hybridized carbons (Fsp3) is 0.588. The highest BCUT2D eigenvalue weighted by Gasteiger charge is 2.16. The Kier molecular flexibility index (Phi) is 6.82. The van der Waals surface area contributed by atoms with Gasteiger partial charge in [-0.15, -0.1) is 0 Å². The molecule has 0 saturated carbocycles. The molecule has 21 heavy (non-hydrogen) atoms. The smallest absolute Gasteiger partial charge is 0.234 e. The summed E-state index contributed by atoms with van der Waals surface area (Å²) in [6.45, 7) is 8.27. The molecule has 1 unspecified atom stereocenters. The van der Waals surface area contributed by atoms with Gasteiger partial charge in [0.15, 0.2) is 0 Å². The Morgan fingerprint density at radius 3 is 2.38 bits per heavy atom. The number of hydrogen-bond donors (Lipinski definition) is 2. The van der Waals surface area contributed by atoms with E-state index in [-0.39, 0.29) is 29.8 Å². The van der Waals surface area contributed by atoms with E-state index in [0.29, 0.717) is 0 Å². The van der Waals surface area contributed by atoms with Gasteiger partial charge in [-0.1, -0.05) is 31.9 Å². The van der Waals surface area contributed by atoms with E-state index in [0.717, 1.165) is 24.8 Å². The van der Waals surface area contributed by atoms with Gasteiger partial charge in [-0.3, -0.25) is 4.79 Å². The van der Waals surface area contributed by atoms with Crippen molar-refractivity contribution in [3.63, 3.8) is 0 Å². The molecular formula is C17H27FN2O. The van der Waals surface area contributed by atoms with E-state index in [9.17, 15) is 9.18 Å². The van der Waals surface area contributed by atoms with Gasteiger partial charge in [0.2, 0.25) is 5.91 Å². The fourth-order valence-corrected chi connectivity index (χ4v) is 2.17. The van der Waals surface area contributed by atoms with E-state index in [4.69, 9.17) is 0 Å². The topological polar surface area (TPSA) is 41.1 Å². The van der Waals surface area contributed by atoms with Crippen LogP contribution < -0.4 is 10.6 Å². The summed E-state index contributed by atoms with van der Waals surface area (Å²) in [5.41, 5.74) is 0.793. The van der Waals surface area contributed by atoms with Gasteiger partial charge in [-0.25, -0.2) is 4.39 Å². The molecular weight excluding hydrogens is 267 g/mol. The molecule has 2 N–H and O–H groups in total. The number of unbranched alkanes of at least 4 members (excludes halogenated alkanes) is 1. The Hall–Kier alpha value is -1.42. The number of rotatable bonds is 7. The highest BCUT2D eigenvalue weighted by molar-refractivity contribution is 5.78. The average Bonchev–Trinajstić information content (AvgIpc) is 2.38. The van der Waals surface area contributed by atoms with Gasteiger partial charge in [0.25, 0.3) is 0 Å². The molecule has 0 aliphatic carbocycles. The summed E-state index contributed by atoms with van der Waals surface area (Å²) in [7, 11) is 0. The van der Waals surface area contributed by atoms with Crippen molar-refractivity contribution >= 4 is 5.91 Å². The zero-order valence-corrected chi connectivity index (χ0v) is 13.5. The molecule has 1 amide bonds. The Morgan fingerprint density at radius 2 is 1.86 bits per heavy atom. The second-order valence-corrected chi connectivity index (χ2v) is 6.43. The zero-order chi connectivity index (χ0) is 15.9. The van der Waals surface area contributed by atoms with Crippen LogP contribution >= 0.6 is 0 Å². The highest BCUT2D eigenvalue weighted by atomic mass is 19.1. The standard InChI is InChI=1S/C17H27FN2O/c1-5-6-7-15(13-8-10-14(18)11-9-13)19-12-16(21)20-17(2,3)4/h8-11,15,19H,5-7,12H2,1-4H3,(H,20,21). The number of hydrogen-bond acceptors (Lipinski definition) is 2. The lowest BCUT2D eigenvalue weighted by Crippen LogP contribution is -2.45. The maximum atomic E-state index is 13.0. The van der Waals surface area contributed by atoms with Gasteiger partial charge in [-0.2, -0.15) is 0 Å². The Morgan fingerprint density at radius 1 is 1.24 bits per heavy atom. The molecule has 0 bridgehead atoms. The molecule has 0 aromatic heterocycles. The summed E-state index contributed by atoms with van der Waals surface area (Å²) in [4.78, 5) is 11.9. The minimum atomic E-state index is -0.238. The van der Waals surface area contributed by atoms with Crippen molar-refractivity contribution in [2.24, 2.45) is 0 Å². The van der Waals surface area contributed by atoms with Crippen molar-refractivity contribution in [2.45, 2.75) is 58.5 Å². The fourth-order valence-electron chi connectivity index (χ4n) is 2.17. The maximum Gasteiger partial charge on any atom is 0.234 e. The summed E-state index contributed by atoms with van der Waals surface area (Å²) in [5, 5.41) is 6.21. The molecule has 0 spiro atoms. The predicted octanol–water partition coefficient (Wildman–Crippen LogP) is 3.56. The van der Waals surface area contributed by atoms with Crippen molar-refractivity contribution in [2.75, 3.05) is 6.54 Å². The van der Waals surface area contributed by atoms with E-state index in [1.165, 1.54) is 12.1 Å². The second-order valence-electron chi connectivity index (χ2n) is 6.43. The quantitative estimate of drug-likeness (QED) is 0.807. The van der Waals surface area contributed by atoms with Crippen molar-refractivity contribution in [3.05, 3.63) is 35.6 Å². The van der Waals surface area contributed by atoms with E-state index in [2.05, 4.69) is 17.6 Å². The lowest BCUT2D eigenvalue weighted by Gasteiger charge is -2.23. The first-order valence-corrected chi connectivity index (χ1v) is 7.61. The molecule has 0 aliphatic heterocycles. The zero-order valence-electron chi connectivity index (χ0n) is 13.5. The summed E-state index contributed by atoms with van der Waals surface area (Å²) in [6, 6.07) is 6.57. The largest absolute Gasteiger partial charge is 0.350 e. The van der Waals surface area contributed by atoms with E-state index < -0.39 is 0 Å². The first-order chi connectivity index (χ1) is 9.81. The molecule has 0 saturated heterocycles. The minimum absolute atomic E-state index is 0.0221. The van der Waals surface area contributed by atoms with Crippen molar-refractivity contribution in [1.82, 2.24) is 10.6 Å². The van der Waals surface area contributed by atoms with Crippen LogP contribution in [0.3, 0.4) is 0 Å². The van der Waals surface area contributed by atoms with Crippen LogP contribution in [0.2, 0.25) is 0 Å². The van der Waals surface area contributed by atoms with Gasteiger partial charge in [0.1, 0.15) is 5.82 Å². The molecule has 3 nitrogen and oxygen atoms in total. The van der Waals surface area contributed by atoms with Crippen molar-refractivity contribution < 1.29 is 9.18 Å². The number of benzene rings is 1. The summed E-state index contributed by atoms with van der Waals surface area (Å²) in [6.07, 6.45) is 3.09. The third kappa shape index (κ3) is 7.23. The number of carbonyl (C=O) groups excluding carboxylic acids is 1. The summed E-state index contributed by atoms with van der Waals surface area (Å²) >= 11 is 0. The van der Waals surface area contributed by atoms with Crippen LogP contribution in [0.15, 0.2) is 24.3 Å². The number of amides is 1. The third-order valence-corrected chi connectivity index (χ3v) is 3.14. The van der Waals surface area contributed by atoms with Crippen LogP contribution in [0.25, 0.3) is 0 Å². The highest BCUT2D eigenvalue weighted by Crippen LogP contribution is 2.19. The van der Waals surface area contributed by atoms with Gasteiger partial charge in [0, 0.05) is 11.6 Å². The number of halogens is 1. The molecule has 0 aliphatic rings. The van der Waals surface area contributed by atoms with E-state index in [1.54, 1.807) is 12.1 Å². The molecule has 118 valence electrons. The summed E-state index contributed by atoms with van der Waals surface area (Å²) in [5.74, 6) is -0.260. The first-order valence-electron chi connectivity index (χ1n) is 7.61. The number of nitrogens with one attached hydrogen (secondary N) is 2. The third-order valence-electron chi connectivity index (χ3n) is 3.14. The maximum absolute atomic E-state index is 13.0. The molecule has 1 aromatic carbocycles. The monoisotopic (exact) mass is 294 g/mol. The second kappa shape index (κ2) is 8.13. The average molecular weight is 294 g/mol. The Labute approximate surface area is 127 Å². The van der Waals surface area contributed by atoms with Gasteiger partial charge >= 0.3 is 0 Å². The van der Waals surface area contributed by atoms with Crippen LogP contribution in [-0.2, 0) is 4.79 Å². The van der Waals surface area contributed by atoms with Gasteiger partial charge in [0.05, 0.1) is 6.54 Å². The molecule has 4 heteroatoms. The summed E-state index contributed by atoms with van der Waals surface area (Å²) < 4.78 is 13.0. The van der Waals surface area contributed by atoms with Crippen LogP contribution in [0.1, 0.15) is 58.6 Å². The van der Waals surface area contributed by atoms with E-state index in [1.807, 2.05) is 20.8 Å². The van der Waals surface area contributed by atoms with Crippen LogP contribution in [0, 0.1) is 5.82 Å². The predicted molar refractivity (Wildman–Crippen MR) is 84.6 cm³/mol. The molecule has 0 fully saturated rings. The van der Waals surface area contributed by atoms with Crippen molar-refractivity contribution in [3.8, 4) is 0 Å². The minimum Gasteiger partial charge on any atom is -0.350 e. The SMILES string of the molecule is CCCCC(NCC(=O)NC(C)(C)C)c1ccc(F)cc1. The Balaban J connectivity index is 2.62. The van der Waals surface area contributed by atoms with Crippen LogP contribution in [0.4, 0.5) is 4.39 Å². The normalized spacial score (nSPS) is 13.0. The van der Waals surface area contributed by atoms with Crippen LogP contribution in [0.5, 0.6) is 0 Å². The first kappa shape index (κ1) is 17.6. The molecule has 1 rings (SSSR count). The van der Waals surface area contributed by atoms with E-state index >= 15 is 0 Å². The lowest BCUT2D eigenvalue weighted by molar-refractivity contribution is -0.121. The van der Waals surface area contributed by atoms with Crippen LogP contribution in [-0.4, -0.2) is 18.0 Å². The van der Waals surface area contributed by atoms with Crippen molar-refractivity contribution in [1.29, 1.82) is 0 Å². The van der Waals surface area contributed by atoms with Gasteiger partial charge < -0.3 is 10.6 Å². The lowest BCUT2D eigenvalue weighted by atomic mass is 10.0. The molecule has 1 aromatic rings. The Bertz CT molecular complexity index is 437. The van der Waals surface area contributed by atoms with Gasteiger partial charge in [-0.05, 0) is 44.9 Å². The molecule has 0 heterocycles. The molecule has 0 radical (unpaired) electrons. The molecule has 1 atom stereocenters. The number of carbonyl (C=O) groups is 1.